The number of nitrogens with one attached hydrogen (secondary N) is 2. The summed E-state index contributed by atoms with van der Waals surface area (Å²) in [7, 11) is 0. The van der Waals surface area contributed by atoms with Crippen LogP contribution < -0.4 is 10.7 Å². The van der Waals surface area contributed by atoms with E-state index in [1.807, 2.05) is 42.5 Å². The molecule has 152 valence electrons. The summed E-state index contributed by atoms with van der Waals surface area (Å²) < 4.78 is 0. The lowest BCUT2D eigenvalue weighted by atomic mass is 10.1. The van der Waals surface area contributed by atoms with Crippen molar-refractivity contribution in [3.05, 3.63) is 113 Å². The molecule has 6 heteroatoms. The summed E-state index contributed by atoms with van der Waals surface area (Å²) in [5.41, 5.74) is 4.60. The van der Waals surface area contributed by atoms with Crippen molar-refractivity contribution in [1.29, 1.82) is 0 Å². The molecule has 2 N–H and O–H groups in total. The van der Waals surface area contributed by atoms with Gasteiger partial charge < -0.3 is 5.32 Å². The van der Waals surface area contributed by atoms with Gasteiger partial charge in [0.25, 0.3) is 11.8 Å². The molecule has 0 bridgehead atoms. The van der Waals surface area contributed by atoms with E-state index in [0.29, 0.717) is 21.8 Å². The van der Waals surface area contributed by atoms with Crippen molar-refractivity contribution in [3.63, 3.8) is 0 Å². The van der Waals surface area contributed by atoms with Crippen LogP contribution in [-0.2, 0) is 0 Å². The largest absolute Gasteiger partial charge is 0.322 e. The Morgan fingerprint density at radius 1 is 0.774 bits per heavy atom. The van der Waals surface area contributed by atoms with Crippen molar-refractivity contribution >= 4 is 46.1 Å². The molecule has 31 heavy (non-hydrogen) atoms. The van der Waals surface area contributed by atoms with Crippen LogP contribution in [-0.4, -0.2) is 18.0 Å². The van der Waals surface area contributed by atoms with Gasteiger partial charge in [0, 0.05) is 11.3 Å². The lowest BCUT2D eigenvalue weighted by Crippen LogP contribution is -2.18. The second-order valence-corrected chi connectivity index (χ2v) is 7.23. The van der Waals surface area contributed by atoms with Gasteiger partial charge in [0.05, 0.1) is 16.8 Å². The fraction of sp³-hybridized carbons (Fsp3) is 0. The number of anilines is 1. The molecule has 0 unspecified atom stereocenters. The maximum atomic E-state index is 12.5. The molecular formula is C25H18ClN3O2. The first-order chi connectivity index (χ1) is 15.1. The molecule has 0 saturated heterocycles. The lowest BCUT2D eigenvalue weighted by molar-refractivity contribution is 0.0953. The fourth-order valence-corrected chi connectivity index (χ4v) is 3.32. The van der Waals surface area contributed by atoms with E-state index < -0.39 is 0 Å². The minimum Gasteiger partial charge on any atom is -0.322 e. The number of carbonyl (C=O) groups excluding carboxylic acids is 2. The smallest absolute Gasteiger partial charge is 0.271 e. The van der Waals surface area contributed by atoms with Gasteiger partial charge in [0.1, 0.15) is 0 Å². The summed E-state index contributed by atoms with van der Waals surface area (Å²) in [6.45, 7) is 0. The van der Waals surface area contributed by atoms with Crippen LogP contribution >= 0.6 is 11.6 Å². The Hall–Kier alpha value is -3.96. The molecule has 0 aliphatic heterocycles. The number of hydrogen-bond acceptors (Lipinski definition) is 3. The number of amides is 2. The SMILES string of the molecule is O=C(N/N=C/c1ccc2ccccc2c1)c1cccc(NC(=O)c2ccccc2Cl)c1. The zero-order chi connectivity index (χ0) is 21.6. The molecule has 4 aromatic carbocycles. The number of hydrogen-bond donors (Lipinski definition) is 2. The molecule has 0 spiro atoms. The Morgan fingerprint density at radius 2 is 1.55 bits per heavy atom. The van der Waals surface area contributed by atoms with Gasteiger partial charge in [-0.25, -0.2) is 5.43 Å². The minimum absolute atomic E-state index is 0.350. The third-order valence-electron chi connectivity index (χ3n) is 4.65. The highest BCUT2D eigenvalue weighted by Crippen LogP contribution is 2.18. The Labute approximate surface area is 184 Å². The predicted octanol–water partition coefficient (Wildman–Crippen LogP) is 5.51. The number of benzene rings is 4. The summed E-state index contributed by atoms with van der Waals surface area (Å²) in [4.78, 5) is 24.9. The molecule has 0 fully saturated rings. The summed E-state index contributed by atoms with van der Waals surface area (Å²) in [6.07, 6.45) is 1.59. The van der Waals surface area contributed by atoms with Gasteiger partial charge in [-0.05, 0) is 52.7 Å². The highest BCUT2D eigenvalue weighted by atomic mass is 35.5. The van der Waals surface area contributed by atoms with Crippen LogP contribution in [0.5, 0.6) is 0 Å². The van der Waals surface area contributed by atoms with Gasteiger partial charge in [-0.3, -0.25) is 9.59 Å². The molecule has 4 rings (SSSR count). The Balaban J connectivity index is 1.42. The van der Waals surface area contributed by atoms with Crippen molar-refractivity contribution in [2.24, 2.45) is 5.10 Å². The molecule has 0 radical (unpaired) electrons. The average molecular weight is 428 g/mol. The summed E-state index contributed by atoms with van der Waals surface area (Å²) in [6, 6.07) is 27.3. The second kappa shape index (κ2) is 9.24. The molecular weight excluding hydrogens is 410 g/mol. The quantitative estimate of drug-likeness (QED) is 0.325. The molecule has 0 aromatic heterocycles. The Kier molecular flexibility index (Phi) is 6.05. The van der Waals surface area contributed by atoms with Crippen molar-refractivity contribution in [1.82, 2.24) is 5.43 Å². The van der Waals surface area contributed by atoms with Crippen LogP contribution in [0.4, 0.5) is 5.69 Å². The van der Waals surface area contributed by atoms with E-state index in [1.165, 1.54) is 0 Å². The molecule has 2 amide bonds. The number of hydrazone groups is 1. The fourth-order valence-electron chi connectivity index (χ4n) is 3.10. The summed E-state index contributed by atoms with van der Waals surface area (Å²) in [5, 5.41) is 9.39. The third kappa shape index (κ3) is 4.97. The number of carbonyl (C=O) groups is 2. The molecule has 5 nitrogen and oxygen atoms in total. The van der Waals surface area contributed by atoms with Crippen molar-refractivity contribution in [2.45, 2.75) is 0 Å². The van der Waals surface area contributed by atoms with Crippen LogP contribution in [0, 0.1) is 0 Å². The van der Waals surface area contributed by atoms with Crippen molar-refractivity contribution in [3.8, 4) is 0 Å². The van der Waals surface area contributed by atoms with Crippen molar-refractivity contribution < 1.29 is 9.59 Å². The first kappa shape index (κ1) is 20.3. The Bertz CT molecular complexity index is 1300. The first-order valence-corrected chi connectivity index (χ1v) is 9.96. The van der Waals surface area contributed by atoms with Gasteiger partial charge in [0.2, 0.25) is 0 Å². The molecule has 0 saturated carbocycles. The van der Waals surface area contributed by atoms with E-state index in [0.717, 1.165) is 16.3 Å². The maximum Gasteiger partial charge on any atom is 0.271 e. The summed E-state index contributed by atoms with van der Waals surface area (Å²) >= 11 is 6.07. The zero-order valence-corrected chi connectivity index (χ0v) is 17.1. The van der Waals surface area contributed by atoms with E-state index in [9.17, 15) is 9.59 Å². The minimum atomic E-state index is -0.383. The molecule has 0 aliphatic carbocycles. The van der Waals surface area contributed by atoms with Gasteiger partial charge in [-0.2, -0.15) is 5.10 Å². The number of nitrogens with zero attached hydrogens (tertiary/aromatic N) is 1. The maximum absolute atomic E-state index is 12.5. The number of fused-ring (bicyclic) bond motifs is 1. The van der Waals surface area contributed by atoms with E-state index in [1.54, 1.807) is 54.7 Å². The highest BCUT2D eigenvalue weighted by Gasteiger charge is 2.11. The van der Waals surface area contributed by atoms with Crippen LogP contribution in [0.2, 0.25) is 5.02 Å². The van der Waals surface area contributed by atoms with Crippen LogP contribution in [0.15, 0.2) is 96.1 Å². The standard InChI is InChI=1S/C25H18ClN3O2/c26-23-11-4-3-10-22(23)25(31)28-21-9-5-8-20(15-21)24(30)29-27-16-17-12-13-18-6-1-2-7-19(18)14-17/h1-16H,(H,28,31)(H,29,30)/b27-16+. The van der Waals surface area contributed by atoms with Gasteiger partial charge >= 0.3 is 0 Å². The highest BCUT2D eigenvalue weighted by molar-refractivity contribution is 6.34. The van der Waals surface area contributed by atoms with Crippen LogP contribution in [0.3, 0.4) is 0 Å². The van der Waals surface area contributed by atoms with Crippen LogP contribution in [0.25, 0.3) is 10.8 Å². The normalized spacial score (nSPS) is 10.9. The lowest BCUT2D eigenvalue weighted by Gasteiger charge is -2.08. The molecule has 0 aliphatic rings. The third-order valence-corrected chi connectivity index (χ3v) is 4.98. The monoisotopic (exact) mass is 427 g/mol. The van der Waals surface area contributed by atoms with E-state index in [2.05, 4.69) is 15.8 Å². The van der Waals surface area contributed by atoms with Gasteiger partial charge in [0.15, 0.2) is 0 Å². The average Bonchev–Trinajstić information content (AvgIpc) is 2.79. The molecule has 4 aromatic rings. The van der Waals surface area contributed by atoms with Crippen molar-refractivity contribution in [2.75, 3.05) is 5.32 Å². The zero-order valence-electron chi connectivity index (χ0n) is 16.4. The van der Waals surface area contributed by atoms with Gasteiger partial charge in [-0.15, -0.1) is 0 Å². The number of halogens is 1. The van der Waals surface area contributed by atoms with Crippen LogP contribution in [0.1, 0.15) is 26.3 Å². The van der Waals surface area contributed by atoms with E-state index in [4.69, 9.17) is 11.6 Å². The van der Waals surface area contributed by atoms with Gasteiger partial charge in [-0.1, -0.05) is 66.2 Å². The topological polar surface area (TPSA) is 70.6 Å². The number of rotatable bonds is 5. The van der Waals surface area contributed by atoms with E-state index >= 15 is 0 Å². The predicted molar refractivity (Wildman–Crippen MR) is 125 cm³/mol. The summed E-state index contributed by atoms with van der Waals surface area (Å²) in [5.74, 6) is -0.733. The molecule has 0 atom stereocenters. The first-order valence-electron chi connectivity index (χ1n) is 9.58. The molecule has 0 heterocycles. The Morgan fingerprint density at radius 3 is 2.39 bits per heavy atom. The second-order valence-electron chi connectivity index (χ2n) is 6.82. The van der Waals surface area contributed by atoms with E-state index in [-0.39, 0.29) is 11.8 Å².